The van der Waals surface area contributed by atoms with Crippen molar-refractivity contribution in [2.45, 2.75) is 96.4 Å². The molecule has 0 bridgehead atoms. The molecule has 2 N–H and O–H groups in total. The van der Waals surface area contributed by atoms with Gasteiger partial charge in [-0.05, 0) is 6.42 Å². The summed E-state index contributed by atoms with van der Waals surface area (Å²) in [6.07, 6.45) is 19.9. The smallest absolute Gasteiger partial charge is 0.223 e. The lowest BCUT2D eigenvalue weighted by Gasteiger charge is -2.11. The normalized spacial score (nSPS) is 12.0. The van der Waals surface area contributed by atoms with Crippen molar-refractivity contribution >= 4 is 12.2 Å². The van der Waals surface area contributed by atoms with Gasteiger partial charge in [-0.15, -0.1) is 0 Å². The van der Waals surface area contributed by atoms with E-state index < -0.39 is 6.04 Å². The number of carbonyl (C=O) groups is 1. The number of aromatic nitrogens is 2. The number of rotatable bonds is 16. The first-order valence-corrected chi connectivity index (χ1v) is 9.90. The summed E-state index contributed by atoms with van der Waals surface area (Å²) in [5, 5.41) is 2.73. The Balaban J connectivity index is 1.95. The van der Waals surface area contributed by atoms with Crippen LogP contribution in [0.1, 0.15) is 89.7 Å². The molecule has 0 saturated carbocycles. The first-order chi connectivity index (χ1) is 12.3. The Bertz CT molecular complexity index is 446. The van der Waals surface area contributed by atoms with Gasteiger partial charge in [0.25, 0.3) is 0 Å². The van der Waals surface area contributed by atoms with Crippen molar-refractivity contribution in [3.63, 3.8) is 0 Å². The van der Waals surface area contributed by atoms with E-state index in [0.29, 0.717) is 12.8 Å². The van der Waals surface area contributed by atoms with Crippen LogP contribution in [0.5, 0.6) is 0 Å². The van der Waals surface area contributed by atoms with E-state index in [1.165, 1.54) is 57.8 Å². The van der Waals surface area contributed by atoms with Gasteiger partial charge >= 0.3 is 0 Å². The van der Waals surface area contributed by atoms with Gasteiger partial charge in [-0.25, -0.2) is 4.98 Å². The van der Waals surface area contributed by atoms with Crippen molar-refractivity contribution in [3.8, 4) is 0 Å². The topological polar surface area (TPSA) is 74.8 Å². The Morgan fingerprint density at radius 1 is 1.08 bits per heavy atom. The molecular weight excluding hydrogens is 314 g/mol. The molecule has 0 spiro atoms. The quantitative estimate of drug-likeness (QED) is 0.439. The number of hydrogen-bond acceptors (Lipinski definition) is 3. The first kappa shape index (κ1) is 21.4. The highest BCUT2D eigenvalue weighted by atomic mass is 16.2. The van der Waals surface area contributed by atoms with Gasteiger partial charge in [-0.3, -0.25) is 9.59 Å². The van der Waals surface area contributed by atoms with E-state index in [9.17, 15) is 9.59 Å². The Morgan fingerprint density at radius 3 is 2.20 bits per heavy atom. The number of nitrogens with zero attached hydrogens (tertiary/aromatic N) is 1. The first-order valence-electron chi connectivity index (χ1n) is 9.90. The molecule has 0 fully saturated rings. The van der Waals surface area contributed by atoms with Crippen LogP contribution in [-0.2, 0) is 16.0 Å². The molecule has 0 aliphatic heterocycles. The van der Waals surface area contributed by atoms with E-state index in [4.69, 9.17) is 0 Å². The number of nitrogens with one attached hydrogen (secondary N) is 2. The molecule has 1 aromatic rings. The molecule has 0 saturated heterocycles. The highest BCUT2D eigenvalue weighted by molar-refractivity contribution is 5.79. The van der Waals surface area contributed by atoms with E-state index in [1.54, 1.807) is 12.5 Å². The summed E-state index contributed by atoms with van der Waals surface area (Å²) in [7, 11) is 0. The fourth-order valence-electron chi connectivity index (χ4n) is 2.95. The van der Waals surface area contributed by atoms with Crippen LogP contribution in [0.3, 0.4) is 0 Å². The number of hydrogen-bond donors (Lipinski definition) is 2. The average Bonchev–Trinajstić information content (AvgIpc) is 3.12. The predicted molar refractivity (Wildman–Crippen MR) is 101 cm³/mol. The maximum atomic E-state index is 11.9. The van der Waals surface area contributed by atoms with Gasteiger partial charge in [-0.1, -0.05) is 71.1 Å². The third-order valence-electron chi connectivity index (χ3n) is 4.46. The lowest BCUT2D eigenvalue weighted by Crippen LogP contribution is -2.37. The number of H-pyrrole nitrogens is 1. The second-order valence-corrected chi connectivity index (χ2v) is 6.80. The number of imidazole rings is 1. The fraction of sp³-hybridized carbons (Fsp3) is 0.750. The molecule has 0 unspecified atom stereocenters. The molecule has 1 amide bonds. The van der Waals surface area contributed by atoms with Gasteiger partial charge < -0.3 is 10.3 Å². The molecule has 0 aromatic carbocycles. The van der Waals surface area contributed by atoms with Gasteiger partial charge in [-0.2, -0.15) is 0 Å². The Kier molecular flexibility index (Phi) is 12.6. The van der Waals surface area contributed by atoms with E-state index >= 15 is 0 Å². The van der Waals surface area contributed by atoms with Gasteiger partial charge in [0.05, 0.1) is 6.33 Å². The minimum absolute atomic E-state index is 0.0659. The largest absolute Gasteiger partial charge is 0.348 e. The van der Waals surface area contributed by atoms with Crippen LogP contribution >= 0.6 is 0 Å². The van der Waals surface area contributed by atoms with Gasteiger partial charge in [0.1, 0.15) is 6.04 Å². The van der Waals surface area contributed by atoms with Crippen LogP contribution in [0.4, 0.5) is 0 Å². The molecule has 1 atom stereocenters. The zero-order chi connectivity index (χ0) is 18.2. The second-order valence-electron chi connectivity index (χ2n) is 6.80. The molecule has 1 heterocycles. The van der Waals surface area contributed by atoms with E-state index in [2.05, 4.69) is 22.2 Å². The Morgan fingerprint density at radius 2 is 1.68 bits per heavy atom. The summed E-state index contributed by atoms with van der Waals surface area (Å²) >= 11 is 0. The average molecular weight is 349 g/mol. The Labute approximate surface area is 152 Å². The number of aromatic amines is 1. The van der Waals surface area contributed by atoms with Crippen molar-refractivity contribution < 1.29 is 9.59 Å². The van der Waals surface area contributed by atoms with Crippen molar-refractivity contribution in [1.29, 1.82) is 0 Å². The van der Waals surface area contributed by atoms with Crippen molar-refractivity contribution in [3.05, 3.63) is 18.2 Å². The molecule has 5 heteroatoms. The summed E-state index contributed by atoms with van der Waals surface area (Å²) in [5.74, 6) is -0.0659. The summed E-state index contributed by atoms with van der Waals surface area (Å²) in [5.41, 5.74) is 0.823. The van der Waals surface area contributed by atoms with Crippen LogP contribution < -0.4 is 5.32 Å². The lowest BCUT2D eigenvalue weighted by atomic mass is 10.1. The number of amides is 1. The zero-order valence-electron chi connectivity index (χ0n) is 15.7. The highest BCUT2D eigenvalue weighted by Crippen LogP contribution is 2.12. The Hall–Kier alpha value is -1.65. The highest BCUT2D eigenvalue weighted by Gasteiger charge is 2.13. The van der Waals surface area contributed by atoms with E-state index in [0.717, 1.165) is 18.5 Å². The minimum atomic E-state index is -0.597. The monoisotopic (exact) mass is 348 g/mol. The maximum absolute atomic E-state index is 11.9. The standard InChI is InChI=1S/C20H34N3O2/c1-2-3-4-5-6-7-8-9-10-11-12-13-20(25)23-19(16-24)14-18-15-21-17-22-18/h15,17,19H,2-14H2,1H3,(H,21,22)(H,23,25)/t19-/m1/s1. The number of carbonyl (C=O) groups excluding carboxylic acids is 2. The minimum Gasteiger partial charge on any atom is -0.348 e. The van der Waals surface area contributed by atoms with Crippen molar-refractivity contribution in [2.24, 2.45) is 0 Å². The zero-order valence-corrected chi connectivity index (χ0v) is 15.7. The molecule has 141 valence electrons. The van der Waals surface area contributed by atoms with Crippen molar-refractivity contribution in [1.82, 2.24) is 15.3 Å². The second kappa shape index (κ2) is 14.7. The molecule has 0 aliphatic rings. The predicted octanol–water partition coefficient (Wildman–Crippen LogP) is 4.25. The molecule has 0 aliphatic carbocycles. The number of unbranched alkanes of at least 4 members (excludes halogenated alkanes) is 10. The molecule has 1 aromatic heterocycles. The van der Waals surface area contributed by atoms with E-state index in [-0.39, 0.29) is 5.91 Å². The molecular formula is C20H34N3O2. The third-order valence-corrected chi connectivity index (χ3v) is 4.46. The van der Waals surface area contributed by atoms with Gasteiger partial charge in [0.15, 0.2) is 0 Å². The molecule has 5 nitrogen and oxygen atoms in total. The van der Waals surface area contributed by atoms with Crippen LogP contribution in [0.25, 0.3) is 0 Å². The SMILES string of the molecule is CCCCCCCCCCCCCC(=O)N[C@@H]([C]=O)Cc1cnc[nH]1. The summed E-state index contributed by atoms with van der Waals surface area (Å²) in [4.78, 5) is 29.7. The van der Waals surface area contributed by atoms with Crippen LogP contribution in [-0.4, -0.2) is 28.2 Å². The summed E-state index contributed by atoms with van der Waals surface area (Å²) in [6, 6.07) is -0.597. The van der Waals surface area contributed by atoms with Crippen molar-refractivity contribution in [2.75, 3.05) is 0 Å². The summed E-state index contributed by atoms with van der Waals surface area (Å²) < 4.78 is 0. The fourth-order valence-corrected chi connectivity index (χ4v) is 2.95. The van der Waals surface area contributed by atoms with Gasteiger partial charge in [0, 0.05) is 24.7 Å². The van der Waals surface area contributed by atoms with Crippen LogP contribution in [0.15, 0.2) is 12.5 Å². The maximum Gasteiger partial charge on any atom is 0.223 e. The molecule has 25 heavy (non-hydrogen) atoms. The van der Waals surface area contributed by atoms with Gasteiger partial charge in [0.2, 0.25) is 12.2 Å². The lowest BCUT2D eigenvalue weighted by molar-refractivity contribution is -0.121. The van der Waals surface area contributed by atoms with Crippen LogP contribution in [0.2, 0.25) is 0 Å². The van der Waals surface area contributed by atoms with Crippen LogP contribution in [0, 0.1) is 0 Å². The molecule has 1 radical (unpaired) electrons. The third kappa shape index (κ3) is 11.5. The van der Waals surface area contributed by atoms with E-state index in [1.807, 2.05) is 6.29 Å². The molecule has 1 rings (SSSR count). The summed E-state index contributed by atoms with van der Waals surface area (Å²) in [6.45, 7) is 2.25.